The average molecular weight is 345 g/mol. The SMILES string of the molecule is Fc1ccccc1Cn1cccc1C=C1CCCN=C1c1cccnc1. The van der Waals surface area contributed by atoms with Gasteiger partial charge in [0.15, 0.2) is 0 Å². The summed E-state index contributed by atoms with van der Waals surface area (Å²) in [6, 6.07) is 15.0. The number of aromatic nitrogens is 2. The monoisotopic (exact) mass is 345 g/mol. The van der Waals surface area contributed by atoms with Crippen LogP contribution in [0.1, 0.15) is 29.7 Å². The molecule has 26 heavy (non-hydrogen) atoms. The second kappa shape index (κ2) is 7.48. The molecule has 0 radical (unpaired) electrons. The molecule has 2 aromatic heterocycles. The third kappa shape index (κ3) is 3.49. The molecule has 130 valence electrons. The minimum atomic E-state index is -0.171. The lowest BCUT2D eigenvalue weighted by atomic mass is 9.96. The Morgan fingerprint density at radius 2 is 2.00 bits per heavy atom. The Morgan fingerprint density at radius 3 is 2.85 bits per heavy atom. The molecule has 0 aliphatic carbocycles. The van der Waals surface area contributed by atoms with Crippen LogP contribution in [0.4, 0.5) is 4.39 Å². The second-order valence-electron chi connectivity index (χ2n) is 6.40. The van der Waals surface area contributed by atoms with Crippen molar-refractivity contribution in [3.63, 3.8) is 0 Å². The number of hydrogen-bond donors (Lipinski definition) is 0. The molecule has 0 saturated carbocycles. The Labute approximate surface area is 152 Å². The molecule has 0 N–H and O–H groups in total. The first-order chi connectivity index (χ1) is 12.8. The van der Waals surface area contributed by atoms with E-state index in [9.17, 15) is 4.39 Å². The smallest absolute Gasteiger partial charge is 0.128 e. The molecular formula is C22H20FN3. The van der Waals surface area contributed by atoms with E-state index in [2.05, 4.69) is 21.7 Å². The maximum Gasteiger partial charge on any atom is 0.128 e. The predicted molar refractivity (Wildman–Crippen MR) is 103 cm³/mol. The number of hydrogen-bond acceptors (Lipinski definition) is 2. The lowest BCUT2D eigenvalue weighted by Crippen LogP contribution is -2.12. The molecule has 0 bridgehead atoms. The first-order valence-electron chi connectivity index (χ1n) is 8.85. The van der Waals surface area contributed by atoms with Crippen LogP contribution in [0.2, 0.25) is 0 Å². The fourth-order valence-corrected chi connectivity index (χ4v) is 3.29. The van der Waals surface area contributed by atoms with Gasteiger partial charge in [0, 0.05) is 42.0 Å². The number of pyridine rings is 1. The molecule has 3 nitrogen and oxygen atoms in total. The summed E-state index contributed by atoms with van der Waals surface area (Å²) in [5.74, 6) is -0.171. The van der Waals surface area contributed by atoms with Gasteiger partial charge in [-0.05, 0) is 54.8 Å². The summed E-state index contributed by atoms with van der Waals surface area (Å²) >= 11 is 0. The van der Waals surface area contributed by atoms with Gasteiger partial charge in [0.2, 0.25) is 0 Å². The van der Waals surface area contributed by atoms with E-state index >= 15 is 0 Å². The van der Waals surface area contributed by atoms with Crippen LogP contribution >= 0.6 is 0 Å². The Morgan fingerprint density at radius 1 is 1.08 bits per heavy atom. The van der Waals surface area contributed by atoms with E-state index in [4.69, 9.17) is 4.99 Å². The van der Waals surface area contributed by atoms with Gasteiger partial charge in [-0.2, -0.15) is 0 Å². The Balaban J connectivity index is 1.66. The van der Waals surface area contributed by atoms with Gasteiger partial charge in [-0.1, -0.05) is 18.2 Å². The maximum atomic E-state index is 14.0. The van der Waals surface area contributed by atoms with Gasteiger partial charge < -0.3 is 4.57 Å². The van der Waals surface area contributed by atoms with E-state index in [1.807, 2.05) is 42.7 Å². The fourth-order valence-electron chi connectivity index (χ4n) is 3.29. The minimum absolute atomic E-state index is 0.171. The third-order valence-electron chi connectivity index (χ3n) is 4.60. The molecule has 3 aromatic rings. The van der Waals surface area contributed by atoms with Crippen LogP contribution in [0, 0.1) is 5.82 Å². The Bertz CT molecular complexity index is 954. The Hall–Kier alpha value is -3.01. The zero-order valence-electron chi connectivity index (χ0n) is 14.5. The normalized spacial score (nSPS) is 15.9. The summed E-state index contributed by atoms with van der Waals surface area (Å²) in [6.07, 6.45) is 9.82. The van der Waals surface area contributed by atoms with Crippen LogP contribution in [0.3, 0.4) is 0 Å². The highest BCUT2D eigenvalue weighted by molar-refractivity contribution is 6.15. The van der Waals surface area contributed by atoms with Gasteiger partial charge in [-0.25, -0.2) is 4.39 Å². The largest absolute Gasteiger partial charge is 0.343 e. The van der Waals surface area contributed by atoms with Gasteiger partial charge in [-0.3, -0.25) is 9.98 Å². The van der Waals surface area contributed by atoms with E-state index < -0.39 is 0 Å². The summed E-state index contributed by atoms with van der Waals surface area (Å²) < 4.78 is 16.1. The van der Waals surface area contributed by atoms with Crippen LogP contribution in [-0.2, 0) is 6.54 Å². The molecule has 1 aliphatic heterocycles. The number of nitrogens with zero attached hydrogens (tertiary/aromatic N) is 3. The topological polar surface area (TPSA) is 30.2 Å². The molecule has 1 aliphatic rings. The molecule has 1 aromatic carbocycles. The molecule has 0 amide bonds. The fraction of sp³-hybridized carbons (Fsp3) is 0.182. The van der Waals surface area contributed by atoms with Crippen LogP contribution in [0.5, 0.6) is 0 Å². The van der Waals surface area contributed by atoms with E-state index in [-0.39, 0.29) is 5.82 Å². The van der Waals surface area contributed by atoms with Gasteiger partial charge in [-0.15, -0.1) is 0 Å². The summed E-state index contributed by atoms with van der Waals surface area (Å²) in [6.45, 7) is 1.36. The minimum Gasteiger partial charge on any atom is -0.343 e. The number of aliphatic imine (C=N–C) groups is 1. The maximum absolute atomic E-state index is 14.0. The van der Waals surface area contributed by atoms with Gasteiger partial charge in [0.25, 0.3) is 0 Å². The van der Waals surface area contributed by atoms with E-state index in [1.54, 1.807) is 12.3 Å². The van der Waals surface area contributed by atoms with Crippen LogP contribution in [-0.4, -0.2) is 21.8 Å². The summed E-state index contributed by atoms with van der Waals surface area (Å²) in [4.78, 5) is 8.95. The average Bonchev–Trinajstić information content (AvgIpc) is 3.11. The standard InChI is InChI=1S/C22H20FN3/c23-21-10-2-1-6-19(21)16-26-13-5-9-20(26)14-17-7-4-12-25-22(17)18-8-3-11-24-15-18/h1-3,5-6,8-11,13-15H,4,7,12,16H2. The van der Waals surface area contributed by atoms with Crippen molar-refractivity contribution in [3.05, 3.63) is 95.3 Å². The van der Waals surface area contributed by atoms with E-state index in [0.717, 1.165) is 36.4 Å². The molecule has 0 fully saturated rings. The second-order valence-corrected chi connectivity index (χ2v) is 6.40. The first kappa shape index (κ1) is 16.5. The quantitative estimate of drug-likeness (QED) is 0.672. The van der Waals surface area contributed by atoms with Crippen molar-refractivity contribution in [2.24, 2.45) is 4.99 Å². The number of rotatable bonds is 4. The highest BCUT2D eigenvalue weighted by Crippen LogP contribution is 2.22. The number of halogens is 1. The first-order valence-corrected chi connectivity index (χ1v) is 8.85. The molecule has 0 unspecified atom stereocenters. The molecule has 4 heteroatoms. The Kier molecular flexibility index (Phi) is 4.73. The van der Waals surface area contributed by atoms with Gasteiger partial charge in [0.1, 0.15) is 5.82 Å². The highest BCUT2D eigenvalue weighted by Gasteiger charge is 2.15. The van der Waals surface area contributed by atoms with Crippen molar-refractivity contribution in [2.45, 2.75) is 19.4 Å². The van der Waals surface area contributed by atoms with Crippen molar-refractivity contribution < 1.29 is 4.39 Å². The third-order valence-corrected chi connectivity index (χ3v) is 4.60. The summed E-state index contributed by atoms with van der Waals surface area (Å²) in [5, 5.41) is 0. The molecule has 0 spiro atoms. The lowest BCUT2D eigenvalue weighted by Gasteiger charge is -2.17. The predicted octanol–water partition coefficient (Wildman–Crippen LogP) is 4.74. The molecule has 0 atom stereocenters. The van der Waals surface area contributed by atoms with Crippen molar-refractivity contribution in [1.29, 1.82) is 0 Å². The van der Waals surface area contributed by atoms with Crippen molar-refractivity contribution in [2.75, 3.05) is 6.54 Å². The summed E-state index contributed by atoms with van der Waals surface area (Å²) in [7, 11) is 0. The van der Waals surface area contributed by atoms with Crippen molar-refractivity contribution >= 4 is 11.8 Å². The van der Waals surface area contributed by atoms with E-state index in [0.29, 0.717) is 12.1 Å². The van der Waals surface area contributed by atoms with Gasteiger partial charge >= 0.3 is 0 Å². The lowest BCUT2D eigenvalue weighted by molar-refractivity contribution is 0.599. The highest BCUT2D eigenvalue weighted by atomic mass is 19.1. The van der Waals surface area contributed by atoms with Gasteiger partial charge in [0.05, 0.1) is 12.3 Å². The van der Waals surface area contributed by atoms with Crippen molar-refractivity contribution in [1.82, 2.24) is 9.55 Å². The molecule has 0 saturated heterocycles. The number of benzene rings is 1. The number of allylic oxidation sites excluding steroid dienone is 1. The summed E-state index contributed by atoms with van der Waals surface area (Å²) in [5.41, 5.74) is 5.02. The molecule has 3 heterocycles. The van der Waals surface area contributed by atoms with Crippen molar-refractivity contribution in [3.8, 4) is 0 Å². The zero-order valence-corrected chi connectivity index (χ0v) is 14.5. The van der Waals surface area contributed by atoms with Crippen LogP contribution in [0.25, 0.3) is 6.08 Å². The molecular weight excluding hydrogens is 325 g/mol. The van der Waals surface area contributed by atoms with Crippen LogP contribution in [0.15, 0.2) is 77.7 Å². The zero-order chi connectivity index (χ0) is 17.8. The van der Waals surface area contributed by atoms with Crippen LogP contribution < -0.4 is 0 Å². The van der Waals surface area contributed by atoms with E-state index in [1.165, 1.54) is 11.6 Å². The molecule has 4 rings (SSSR count).